The Labute approximate surface area is 207 Å². The first-order valence-corrected chi connectivity index (χ1v) is 13.3. The van der Waals surface area contributed by atoms with E-state index in [1.165, 1.54) is 5.56 Å². The summed E-state index contributed by atoms with van der Waals surface area (Å²) in [7, 11) is 0. The molecule has 0 saturated carbocycles. The van der Waals surface area contributed by atoms with Crippen LogP contribution in [0.5, 0.6) is 0 Å². The van der Waals surface area contributed by atoms with E-state index in [0.29, 0.717) is 11.4 Å². The van der Waals surface area contributed by atoms with E-state index >= 15 is 0 Å². The zero-order chi connectivity index (χ0) is 23.3. The number of rotatable bonds is 9. The minimum atomic E-state index is -0.498. The summed E-state index contributed by atoms with van der Waals surface area (Å²) in [6.45, 7) is 10.4. The van der Waals surface area contributed by atoms with Gasteiger partial charge in [0.05, 0.1) is 11.5 Å². The van der Waals surface area contributed by atoms with Crippen molar-refractivity contribution in [2.75, 3.05) is 11.5 Å². The van der Waals surface area contributed by atoms with Crippen molar-refractivity contribution in [2.24, 2.45) is 5.41 Å². The molecule has 172 valence electrons. The number of benzene rings is 2. The van der Waals surface area contributed by atoms with Crippen LogP contribution in [0.4, 0.5) is 0 Å². The van der Waals surface area contributed by atoms with Crippen molar-refractivity contribution in [1.82, 2.24) is 4.90 Å². The maximum Gasteiger partial charge on any atom is 0.229 e. The monoisotopic (exact) mass is 489 g/mol. The van der Waals surface area contributed by atoms with Crippen molar-refractivity contribution in [3.8, 4) is 0 Å². The molecule has 0 aliphatic carbocycles. The molecule has 2 aromatic rings. The molecule has 32 heavy (non-hydrogen) atoms. The van der Waals surface area contributed by atoms with Gasteiger partial charge in [-0.15, -0.1) is 6.58 Å². The van der Waals surface area contributed by atoms with Gasteiger partial charge in [-0.05, 0) is 60.4 Å². The third-order valence-corrected chi connectivity index (χ3v) is 8.08. The first-order chi connectivity index (χ1) is 15.3. The average molecular weight is 491 g/mol. The highest BCUT2D eigenvalue weighted by molar-refractivity contribution is 7.99. The van der Waals surface area contributed by atoms with E-state index in [4.69, 9.17) is 23.2 Å². The third kappa shape index (κ3) is 5.38. The van der Waals surface area contributed by atoms with Gasteiger partial charge in [0.1, 0.15) is 0 Å². The summed E-state index contributed by atoms with van der Waals surface area (Å²) in [4.78, 5) is 16.3. The summed E-state index contributed by atoms with van der Waals surface area (Å²) in [5, 5.41) is 1.42. The fourth-order valence-electron chi connectivity index (χ4n) is 4.94. The SMILES string of the molecule is C=CC[C@@]1(C)C[C@H](c2cccc(Cl)c2)[C@@H](c2ccc(Cl)cc2)N([C@@H](CC)CSCC)C1=O. The summed E-state index contributed by atoms with van der Waals surface area (Å²) < 4.78 is 0. The molecule has 3 rings (SSSR count). The lowest BCUT2D eigenvalue weighted by Gasteiger charge is -2.52. The van der Waals surface area contributed by atoms with Crippen LogP contribution in [0.15, 0.2) is 61.2 Å². The van der Waals surface area contributed by atoms with Crippen molar-refractivity contribution in [1.29, 1.82) is 0 Å². The van der Waals surface area contributed by atoms with Gasteiger partial charge in [0, 0.05) is 27.8 Å². The molecule has 1 amide bonds. The highest BCUT2D eigenvalue weighted by atomic mass is 35.5. The summed E-state index contributed by atoms with van der Waals surface area (Å²) in [5.74, 6) is 2.30. The van der Waals surface area contributed by atoms with Crippen molar-refractivity contribution in [2.45, 2.75) is 58.0 Å². The van der Waals surface area contributed by atoms with Crippen LogP contribution < -0.4 is 0 Å². The van der Waals surface area contributed by atoms with E-state index in [9.17, 15) is 4.79 Å². The predicted molar refractivity (Wildman–Crippen MR) is 140 cm³/mol. The molecule has 1 aliphatic rings. The number of hydrogen-bond acceptors (Lipinski definition) is 2. The second kappa shape index (κ2) is 11.1. The molecule has 2 aromatic carbocycles. The fourth-order valence-corrected chi connectivity index (χ4v) is 6.17. The van der Waals surface area contributed by atoms with E-state index in [-0.39, 0.29) is 23.9 Å². The minimum Gasteiger partial charge on any atom is -0.331 e. The second-order valence-corrected chi connectivity index (χ2v) is 11.0. The molecule has 0 unspecified atom stereocenters. The van der Waals surface area contributed by atoms with Gasteiger partial charge in [0.25, 0.3) is 0 Å². The quantitative estimate of drug-likeness (QED) is 0.331. The summed E-state index contributed by atoms with van der Waals surface area (Å²) in [6, 6.07) is 16.2. The van der Waals surface area contributed by atoms with E-state index in [1.807, 2.05) is 42.1 Å². The lowest BCUT2D eigenvalue weighted by molar-refractivity contribution is -0.153. The Balaban J connectivity index is 2.20. The highest BCUT2D eigenvalue weighted by Gasteiger charge is 2.50. The van der Waals surface area contributed by atoms with Crippen molar-refractivity contribution in [3.63, 3.8) is 0 Å². The number of piperidine rings is 1. The van der Waals surface area contributed by atoms with Crippen LogP contribution in [0.2, 0.25) is 10.0 Å². The van der Waals surface area contributed by atoms with Crippen molar-refractivity contribution in [3.05, 3.63) is 82.4 Å². The minimum absolute atomic E-state index is 0.0708. The number of halogens is 2. The van der Waals surface area contributed by atoms with Gasteiger partial charge in [0.15, 0.2) is 0 Å². The van der Waals surface area contributed by atoms with Crippen LogP contribution in [-0.4, -0.2) is 28.4 Å². The largest absolute Gasteiger partial charge is 0.331 e. The standard InChI is InChI=1S/C27H33Cl2NOS/c1-5-15-27(4)17-24(20-9-8-10-22(29)16-20)25(19-11-13-21(28)14-12-19)30(26(27)31)23(6-2)18-32-7-3/h5,8-14,16,23-25H,1,6-7,15,17-18H2,2-4H3/t23-,24+,25+,27-/m0/s1. The van der Waals surface area contributed by atoms with E-state index in [0.717, 1.165) is 34.9 Å². The molecule has 0 bridgehead atoms. The number of amides is 1. The van der Waals surface area contributed by atoms with Gasteiger partial charge < -0.3 is 4.90 Å². The Morgan fingerprint density at radius 2 is 1.88 bits per heavy atom. The molecular formula is C27H33Cl2NOS. The molecule has 0 spiro atoms. The maximum atomic E-state index is 14.1. The fraction of sp³-hybridized carbons (Fsp3) is 0.444. The van der Waals surface area contributed by atoms with Gasteiger partial charge in [-0.2, -0.15) is 11.8 Å². The number of hydrogen-bond donors (Lipinski definition) is 0. The first kappa shape index (κ1) is 25.2. The Morgan fingerprint density at radius 1 is 1.16 bits per heavy atom. The molecular weight excluding hydrogens is 457 g/mol. The Kier molecular flexibility index (Phi) is 8.77. The maximum absolute atomic E-state index is 14.1. The third-order valence-electron chi connectivity index (χ3n) is 6.56. The summed E-state index contributed by atoms with van der Waals surface area (Å²) in [5.41, 5.74) is 1.79. The van der Waals surface area contributed by atoms with E-state index in [2.05, 4.69) is 56.5 Å². The molecule has 4 atom stereocenters. The summed E-state index contributed by atoms with van der Waals surface area (Å²) >= 11 is 14.5. The Hall–Kier alpha value is -1.42. The van der Waals surface area contributed by atoms with Gasteiger partial charge in [-0.1, -0.05) is 74.3 Å². The topological polar surface area (TPSA) is 20.3 Å². The smallest absolute Gasteiger partial charge is 0.229 e. The second-order valence-electron chi connectivity index (χ2n) is 8.85. The van der Waals surface area contributed by atoms with Crippen LogP contribution in [0, 0.1) is 5.41 Å². The van der Waals surface area contributed by atoms with Crippen LogP contribution in [0.3, 0.4) is 0 Å². The zero-order valence-corrected chi connectivity index (χ0v) is 21.5. The number of likely N-dealkylation sites (tertiary alicyclic amines) is 1. The van der Waals surface area contributed by atoms with Crippen LogP contribution >= 0.6 is 35.0 Å². The molecule has 1 saturated heterocycles. The highest BCUT2D eigenvalue weighted by Crippen LogP contribution is 2.52. The number of allylic oxidation sites excluding steroid dienone is 1. The van der Waals surface area contributed by atoms with Crippen molar-refractivity contribution >= 4 is 40.9 Å². The number of thioether (sulfide) groups is 1. The lowest BCUT2D eigenvalue weighted by atomic mass is 9.67. The summed E-state index contributed by atoms with van der Waals surface area (Å²) in [6.07, 6.45) is 4.20. The first-order valence-electron chi connectivity index (χ1n) is 11.4. The molecule has 1 fully saturated rings. The van der Waals surface area contributed by atoms with Crippen LogP contribution in [0.1, 0.15) is 63.1 Å². The van der Waals surface area contributed by atoms with E-state index < -0.39 is 5.41 Å². The van der Waals surface area contributed by atoms with Crippen LogP contribution in [-0.2, 0) is 4.79 Å². The molecule has 1 heterocycles. The number of nitrogens with zero attached hydrogens (tertiary/aromatic N) is 1. The van der Waals surface area contributed by atoms with E-state index in [1.54, 1.807) is 0 Å². The average Bonchev–Trinajstić information content (AvgIpc) is 2.77. The molecule has 1 aliphatic heterocycles. The van der Waals surface area contributed by atoms with Crippen LogP contribution in [0.25, 0.3) is 0 Å². The number of carbonyl (C=O) groups excluding carboxylic acids is 1. The molecule has 2 nitrogen and oxygen atoms in total. The zero-order valence-electron chi connectivity index (χ0n) is 19.2. The van der Waals surface area contributed by atoms with Crippen molar-refractivity contribution < 1.29 is 4.79 Å². The Bertz CT molecular complexity index is 932. The predicted octanol–water partition coefficient (Wildman–Crippen LogP) is 8.16. The molecule has 0 aromatic heterocycles. The van der Waals surface area contributed by atoms with Gasteiger partial charge in [0.2, 0.25) is 5.91 Å². The Morgan fingerprint density at radius 3 is 2.47 bits per heavy atom. The normalized spacial score (nSPS) is 24.4. The molecule has 0 radical (unpaired) electrons. The molecule has 0 N–H and O–H groups in total. The molecule has 5 heteroatoms. The number of carbonyl (C=O) groups is 1. The van der Waals surface area contributed by atoms with Gasteiger partial charge in [-0.25, -0.2) is 0 Å². The van der Waals surface area contributed by atoms with Gasteiger partial charge >= 0.3 is 0 Å². The lowest BCUT2D eigenvalue weighted by Crippen LogP contribution is -2.56. The van der Waals surface area contributed by atoms with Gasteiger partial charge in [-0.3, -0.25) is 4.79 Å².